The molecule has 0 aliphatic carbocycles. The minimum absolute atomic E-state index is 1.14. The van der Waals surface area contributed by atoms with E-state index in [2.05, 4.69) is 206 Å². The lowest BCUT2D eigenvalue weighted by atomic mass is 9.95. The molecule has 48 heavy (non-hydrogen) atoms. The van der Waals surface area contributed by atoms with Crippen LogP contribution in [-0.4, -0.2) is 0 Å². The summed E-state index contributed by atoms with van der Waals surface area (Å²) in [5.41, 5.74) is 11.8. The van der Waals surface area contributed by atoms with Crippen LogP contribution in [0.4, 0.5) is 34.1 Å². The molecule has 230 valence electrons. The molecular formula is C46H36N2. The Morgan fingerprint density at radius 1 is 0.312 bits per heavy atom. The second-order valence-corrected chi connectivity index (χ2v) is 12.3. The van der Waals surface area contributed by atoms with E-state index in [9.17, 15) is 0 Å². The zero-order valence-electron chi connectivity index (χ0n) is 27.2. The van der Waals surface area contributed by atoms with Crippen molar-refractivity contribution >= 4 is 55.7 Å². The second kappa shape index (κ2) is 12.6. The monoisotopic (exact) mass is 616 g/mol. The van der Waals surface area contributed by atoms with Crippen molar-refractivity contribution in [2.45, 2.75) is 13.8 Å². The molecular weight excluding hydrogens is 581 g/mol. The highest BCUT2D eigenvalue weighted by molar-refractivity contribution is 6.04. The molecule has 0 aromatic heterocycles. The molecule has 0 unspecified atom stereocenters. The number of anilines is 6. The number of para-hydroxylation sites is 2. The summed E-state index contributed by atoms with van der Waals surface area (Å²) in [6, 6.07) is 65.4. The van der Waals surface area contributed by atoms with E-state index < -0.39 is 0 Å². The van der Waals surface area contributed by atoms with Gasteiger partial charge >= 0.3 is 0 Å². The van der Waals surface area contributed by atoms with E-state index in [1.807, 2.05) is 0 Å². The number of rotatable bonds is 7. The van der Waals surface area contributed by atoms with Crippen LogP contribution in [0.25, 0.3) is 32.7 Å². The molecule has 0 spiro atoms. The maximum Gasteiger partial charge on any atom is 0.0540 e. The van der Waals surface area contributed by atoms with Crippen molar-refractivity contribution in [3.8, 4) is 11.1 Å². The van der Waals surface area contributed by atoms with Gasteiger partial charge in [0.1, 0.15) is 0 Å². The van der Waals surface area contributed by atoms with Crippen LogP contribution < -0.4 is 9.80 Å². The molecule has 0 N–H and O–H groups in total. The first-order valence-electron chi connectivity index (χ1n) is 16.5. The number of aryl methyl sites for hydroxylation is 2. The summed E-state index contributed by atoms with van der Waals surface area (Å²) in [6.45, 7) is 4.45. The molecule has 2 nitrogen and oxygen atoms in total. The smallest absolute Gasteiger partial charge is 0.0540 e. The van der Waals surface area contributed by atoms with Gasteiger partial charge < -0.3 is 9.80 Å². The summed E-state index contributed by atoms with van der Waals surface area (Å²) in [5.74, 6) is 0. The number of nitrogens with zero attached hydrogens (tertiary/aromatic N) is 2. The molecule has 0 aliphatic heterocycles. The first-order chi connectivity index (χ1) is 23.7. The lowest BCUT2D eigenvalue weighted by Gasteiger charge is -2.29. The molecule has 0 radical (unpaired) electrons. The summed E-state index contributed by atoms with van der Waals surface area (Å²) in [4.78, 5) is 4.74. The fourth-order valence-electron chi connectivity index (χ4n) is 6.99. The van der Waals surface area contributed by atoms with Crippen molar-refractivity contribution in [2.24, 2.45) is 0 Å². The van der Waals surface area contributed by atoms with Crippen LogP contribution >= 0.6 is 0 Å². The molecule has 0 saturated heterocycles. The largest absolute Gasteiger partial charge is 0.310 e. The van der Waals surface area contributed by atoms with Crippen LogP contribution in [0.3, 0.4) is 0 Å². The summed E-state index contributed by atoms with van der Waals surface area (Å²) in [7, 11) is 0. The standard InChI is InChI=1S/C46H36N2/c1-33-31-39(47(37-19-5-3-6-20-37)38-21-7-4-8-22-38)27-29-41(33)42-30-28-40(32-34(42)2)48(45-25-13-17-35-15-9-11-23-43(35)45)46-26-14-18-36-16-10-12-24-44(36)46/h3-32H,1-2H3. The zero-order valence-corrected chi connectivity index (χ0v) is 27.2. The van der Waals surface area contributed by atoms with Gasteiger partial charge in [-0.05, 0) is 108 Å². The Kier molecular flexibility index (Phi) is 7.68. The van der Waals surface area contributed by atoms with Crippen LogP contribution in [-0.2, 0) is 0 Å². The minimum atomic E-state index is 1.14. The summed E-state index contributed by atoms with van der Waals surface area (Å²) in [5, 5.41) is 4.90. The molecule has 8 rings (SSSR count). The van der Waals surface area contributed by atoms with E-state index in [1.54, 1.807) is 0 Å². The van der Waals surface area contributed by atoms with E-state index in [-0.39, 0.29) is 0 Å². The normalized spacial score (nSPS) is 11.1. The van der Waals surface area contributed by atoms with E-state index >= 15 is 0 Å². The van der Waals surface area contributed by atoms with Crippen molar-refractivity contribution in [2.75, 3.05) is 9.80 Å². The van der Waals surface area contributed by atoms with E-state index in [0.29, 0.717) is 0 Å². The van der Waals surface area contributed by atoms with Crippen LogP contribution in [0.2, 0.25) is 0 Å². The molecule has 2 heteroatoms. The topological polar surface area (TPSA) is 6.48 Å². The molecule has 0 bridgehead atoms. The van der Waals surface area contributed by atoms with Gasteiger partial charge in [0, 0.05) is 33.5 Å². The van der Waals surface area contributed by atoms with Gasteiger partial charge in [-0.2, -0.15) is 0 Å². The minimum Gasteiger partial charge on any atom is -0.310 e. The molecule has 0 saturated carbocycles. The van der Waals surface area contributed by atoms with Crippen LogP contribution in [0, 0.1) is 13.8 Å². The van der Waals surface area contributed by atoms with Gasteiger partial charge in [-0.15, -0.1) is 0 Å². The second-order valence-electron chi connectivity index (χ2n) is 12.3. The first kappa shape index (κ1) is 29.3. The lowest BCUT2D eigenvalue weighted by molar-refractivity contribution is 1.27. The molecule has 0 fully saturated rings. The zero-order chi connectivity index (χ0) is 32.5. The Morgan fingerprint density at radius 2 is 0.708 bits per heavy atom. The van der Waals surface area contributed by atoms with Gasteiger partial charge in [-0.1, -0.05) is 121 Å². The summed E-state index contributed by atoms with van der Waals surface area (Å²) >= 11 is 0. The quantitative estimate of drug-likeness (QED) is 0.176. The Bertz CT molecular complexity index is 2250. The predicted octanol–water partition coefficient (Wildman–Crippen LogP) is 13.2. The van der Waals surface area contributed by atoms with Gasteiger partial charge in [0.15, 0.2) is 0 Å². The van der Waals surface area contributed by atoms with Crippen molar-refractivity contribution in [1.29, 1.82) is 0 Å². The highest BCUT2D eigenvalue weighted by Gasteiger charge is 2.19. The molecule has 0 aliphatic rings. The maximum atomic E-state index is 2.43. The SMILES string of the molecule is Cc1cc(N(c2ccccc2)c2ccccc2)ccc1-c1ccc(N(c2cccc3ccccc23)c2cccc3ccccc23)cc1C. The summed E-state index contributed by atoms with van der Waals surface area (Å²) < 4.78 is 0. The van der Waals surface area contributed by atoms with Gasteiger partial charge in [-0.25, -0.2) is 0 Å². The van der Waals surface area contributed by atoms with Crippen molar-refractivity contribution in [1.82, 2.24) is 0 Å². The number of hydrogen-bond donors (Lipinski definition) is 0. The Morgan fingerprint density at radius 3 is 1.17 bits per heavy atom. The van der Waals surface area contributed by atoms with E-state index in [0.717, 1.165) is 22.7 Å². The van der Waals surface area contributed by atoms with Gasteiger partial charge in [0.25, 0.3) is 0 Å². The van der Waals surface area contributed by atoms with Gasteiger partial charge in [0.2, 0.25) is 0 Å². The average molecular weight is 617 g/mol. The first-order valence-corrected chi connectivity index (χ1v) is 16.5. The third kappa shape index (κ3) is 5.38. The fraction of sp³-hybridized carbons (Fsp3) is 0.0435. The highest BCUT2D eigenvalue weighted by atomic mass is 15.1. The number of fused-ring (bicyclic) bond motifs is 2. The molecule has 0 amide bonds. The molecule has 8 aromatic carbocycles. The summed E-state index contributed by atoms with van der Waals surface area (Å²) in [6.07, 6.45) is 0. The third-order valence-electron chi connectivity index (χ3n) is 9.27. The predicted molar refractivity (Wildman–Crippen MR) is 206 cm³/mol. The van der Waals surface area contributed by atoms with Crippen molar-refractivity contribution in [3.05, 3.63) is 193 Å². The Balaban J connectivity index is 1.24. The number of benzene rings is 8. The molecule has 8 aromatic rings. The number of hydrogen-bond acceptors (Lipinski definition) is 2. The van der Waals surface area contributed by atoms with Crippen LogP contribution in [0.1, 0.15) is 11.1 Å². The van der Waals surface area contributed by atoms with E-state index in [1.165, 1.54) is 55.2 Å². The van der Waals surface area contributed by atoms with Crippen LogP contribution in [0.5, 0.6) is 0 Å². The average Bonchev–Trinajstić information content (AvgIpc) is 3.13. The van der Waals surface area contributed by atoms with E-state index in [4.69, 9.17) is 0 Å². The Hall–Kier alpha value is -6.12. The molecule has 0 atom stereocenters. The van der Waals surface area contributed by atoms with Crippen molar-refractivity contribution < 1.29 is 0 Å². The fourth-order valence-corrected chi connectivity index (χ4v) is 6.99. The third-order valence-corrected chi connectivity index (χ3v) is 9.27. The molecule has 0 heterocycles. The lowest BCUT2D eigenvalue weighted by Crippen LogP contribution is -2.11. The maximum absolute atomic E-state index is 2.43. The van der Waals surface area contributed by atoms with Crippen LogP contribution in [0.15, 0.2) is 182 Å². The Labute approximate surface area is 282 Å². The highest BCUT2D eigenvalue weighted by Crippen LogP contribution is 2.44. The van der Waals surface area contributed by atoms with Gasteiger partial charge in [0.05, 0.1) is 11.4 Å². The van der Waals surface area contributed by atoms with Gasteiger partial charge in [-0.3, -0.25) is 0 Å². The van der Waals surface area contributed by atoms with Crippen molar-refractivity contribution in [3.63, 3.8) is 0 Å².